The van der Waals surface area contributed by atoms with Gasteiger partial charge in [0.15, 0.2) is 0 Å². The Morgan fingerprint density at radius 3 is 2.68 bits per heavy atom. The van der Waals surface area contributed by atoms with Gasteiger partial charge in [0.1, 0.15) is 0 Å². The lowest BCUT2D eigenvalue weighted by Gasteiger charge is -2.42. The highest BCUT2D eigenvalue weighted by Gasteiger charge is 2.36. The molecule has 3 nitrogen and oxygen atoms in total. The van der Waals surface area contributed by atoms with E-state index in [4.69, 9.17) is 5.73 Å². The molecule has 1 aliphatic carbocycles. The summed E-state index contributed by atoms with van der Waals surface area (Å²) in [6, 6.07) is 0. The molecule has 0 aromatic carbocycles. The summed E-state index contributed by atoms with van der Waals surface area (Å²) < 4.78 is 0. The van der Waals surface area contributed by atoms with Gasteiger partial charge in [-0.3, -0.25) is 4.90 Å². The largest absolute Gasteiger partial charge is 0.329 e. The van der Waals surface area contributed by atoms with Crippen molar-refractivity contribution in [2.24, 2.45) is 17.6 Å². The molecular weight excluding hydrogens is 234 g/mol. The monoisotopic (exact) mass is 267 g/mol. The van der Waals surface area contributed by atoms with Crippen LogP contribution < -0.4 is 5.73 Å². The van der Waals surface area contributed by atoms with Crippen molar-refractivity contribution in [3.8, 4) is 0 Å². The van der Waals surface area contributed by atoms with Crippen LogP contribution in [0.25, 0.3) is 0 Å². The molecule has 3 unspecified atom stereocenters. The lowest BCUT2D eigenvalue weighted by molar-refractivity contribution is 0.0895. The van der Waals surface area contributed by atoms with E-state index in [0.29, 0.717) is 0 Å². The van der Waals surface area contributed by atoms with Gasteiger partial charge >= 0.3 is 0 Å². The maximum atomic E-state index is 6.20. The molecule has 2 fully saturated rings. The van der Waals surface area contributed by atoms with Crippen LogP contribution in [0.15, 0.2) is 0 Å². The molecule has 19 heavy (non-hydrogen) atoms. The molecule has 1 heterocycles. The molecule has 0 amide bonds. The Bertz CT molecular complexity index is 281. The van der Waals surface area contributed by atoms with Gasteiger partial charge < -0.3 is 10.6 Å². The molecule has 1 saturated carbocycles. The van der Waals surface area contributed by atoms with E-state index in [0.717, 1.165) is 18.4 Å². The predicted octanol–water partition coefficient (Wildman–Crippen LogP) is 2.17. The minimum atomic E-state index is 0.284. The quantitative estimate of drug-likeness (QED) is 0.792. The Hall–Kier alpha value is -0.120. The van der Waals surface area contributed by atoms with Gasteiger partial charge in [0.2, 0.25) is 0 Å². The van der Waals surface area contributed by atoms with Crippen molar-refractivity contribution in [3.05, 3.63) is 0 Å². The van der Waals surface area contributed by atoms with Gasteiger partial charge in [-0.15, -0.1) is 0 Å². The van der Waals surface area contributed by atoms with Gasteiger partial charge in [-0.05, 0) is 58.2 Å². The summed E-state index contributed by atoms with van der Waals surface area (Å²) in [5.74, 6) is 1.73. The van der Waals surface area contributed by atoms with Crippen molar-refractivity contribution >= 4 is 0 Å². The predicted molar refractivity (Wildman–Crippen MR) is 82.3 cm³/mol. The molecule has 112 valence electrons. The zero-order valence-electron chi connectivity index (χ0n) is 13.2. The van der Waals surface area contributed by atoms with Crippen LogP contribution in [0.2, 0.25) is 0 Å². The maximum absolute atomic E-state index is 6.20. The number of rotatable bonds is 4. The Labute approximate surface area is 119 Å². The molecule has 0 aromatic heterocycles. The normalized spacial score (nSPS) is 37.7. The number of likely N-dealkylation sites (tertiary alicyclic amines) is 1. The topological polar surface area (TPSA) is 32.5 Å². The van der Waals surface area contributed by atoms with Crippen LogP contribution in [0.4, 0.5) is 0 Å². The lowest BCUT2D eigenvalue weighted by Crippen LogP contribution is -2.53. The molecule has 1 aliphatic heterocycles. The van der Waals surface area contributed by atoms with Crippen molar-refractivity contribution < 1.29 is 0 Å². The van der Waals surface area contributed by atoms with E-state index in [1.54, 1.807) is 0 Å². The van der Waals surface area contributed by atoms with E-state index >= 15 is 0 Å². The number of hydrogen-bond donors (Lipinski definition) is 1. The number of nitrogens with two attached hydrogens (primary N) is 1. The molecule has 0 radical (unpaired) electrons. The van der Waals surface area contributed by atoms with E-state index < -0.39 is 0 Å². The lowest BCUT2D eigenvalue weighted by atomic mass is 9.87. The second-order valence-electron chi connectivity index (χ2n) is 7.26. The molecule has 0 bridgehead atoms. The van der Waals surface area contributed by atoms with Crippen LogP contribution >= 0.6 is 0 Å². The molecule has 1 saturated heterocycles. The highest BCUT2D eigenvalue weighted by Crippen LogP contribution is 2.34. The summed E-state index contributed by atoms with van der Waals surface area (Å²) in [4.78, 5) is 5.08. The molecular formula is C16H33N3. The summed E-state index contributed by atoms with van der Waals surface area (Å²) in [6.45, 7) is 7.00. The third-order valence-corrected chi connectivity index (χ3v) is 5.65. The Morgan fingerprint density at radius 1 is 1.26 bits per heavy atom. The molecule has 2 rings (SSSR count). The maximum Gasteiger partial charge on any atom is 0.0328 e. The number of nitrogens with zero attached hydrogens (tertiary/aromatic N) is 2. The fraction of sp³-hybridized carbons (Fsp3) is 1.00. The van der Waals surface area contributed by atoms with Crippen LogP contribution in [0.5, 0.6) is 0 Å². The number of hydrogen-bond acceptors (Lipinski definition) is 3. The van der Waals surface area contributed by atoms with Crippen molar-refractivity contribution in [1.82, 2.24) is 9.80 Å². The third kappa shape index (κ3) is 3.71. The molecule has 2 aliphatic rings. The second kappa shape index (κ2) is 6.55. The van der Waals surface area contributed by atoms with E-state index in [-0.39, 0.29) is 5.54 Å². The number of likely N-dealkylation sites (N-methyl/N-ethyl adjacent to an activating group) is 1. The van der Waals surface area contributed by atoms with E-state index in [9.17, 15) is 0 Å². The van der Waals surface area contributed by atoms with Crippen LogP contribution in [-0.4, -0.2) is 55.6 Å². The first-order valence-corrected chi connectivity index (χ1v) is 8.15. The minimum Gasteiger partial charge on any atom is -0.329 e. The summed E-state index contributed by atoms with van der Waals surface area (Å²) >= 11 is 0. The second-order valence-corrected chi connectivity index (χ2v) is 7.26. The first-order valence-electron chi connectivity index (χ1n) is 8.15. The van der Waals surface area contributed by atoms with E-state index in [1.807, 2.05) is 0 Å². The highest BCUT2D eigenvalue weighted by molar-refractivity contribution is 4.94. The summed E-state index contributed by atoms with van der Waals surface area (Å²) in [5.41, 5.74) is 6.49. The average Bonchev–Trinajstić information content (AvgIpc) is 2.68. The zero-order chi connectivity index (χ0) is 13.9. The first kappa shape index (κ1) is 15.3. The molecule has 0 aromatic rings. The minimum absolute atomic E-state index is 0.284. The van der Waals surface area contributed by atoms with E-state index in [2.05, 4.69) is 30.8 Å². The molecule has 0 spiro atoms. The van der Waals surface area contributed by atoms with Gasteiger partial charge in [0, 0.05) is 25.2 Å². The van der Waals surface area contributed by atoms with Crippen LogP contribution in [0, 0.1) is 11.8 Å². The SMILES string of the molecule is CC1CCCC(CN)(N(C)CC2CCN(C)C2)CC1. The summed E-state index contributed by atoms with van der Waals surface area (Å²) in [7, 11) is 4.56. The summed E-state index contributed by atoms with van der Waals surface area (Å²) in [6.07, 6.45) is 8.05. The van der Waals surface area contributed by atoms with Crippen molar-refractivity contribution in [1.29, 1.82) is 0 Å². The van der Waals surface area contributed by atoms with Crippen LogP contribution in [0.1, 0.15) is 45.4 Å². The van der Waals surface area contributed by atoms with Crippen molar-refractivity contribution in [2.75, 3.05) is 40.3 Å². The fourth-order valence-corrected chi connectivity index (χ4v) is 4.06. The van der Waals surface area contributed by atoms with Crippen LogP contribution in [-0.2, 0) is 0 Å². The summed E-state index contributed by atoms with van der Waals surface area (Å²) in [5, 5.41) is 0. The van der Waals surface area contributed by atoms with Gasteiger partial charge in [0.25, 0.3) is 0 Å². The van der Waals surface area contributed by atoms with E-state index in [1.165, 1.54) is 58.2 Å². The van der Waals surface area contributed by atoms with Gasteiger partial charge in [-0.25, -0.2) is 0 Å². The molecule has 3 atom stereocenters. The van der Waals surface area contributed by atoms with Crippen LogP contribution in [0.3, 0.4) is 0 Å². The zero-order valence-corrected chi connectivity index (χ0v) is 13.2. The van der Waals surface area contributed by atoms with Crippen molar-refractivity contribution in [3.63, 3.8) is 0 Å². The Balaban J connectivity index is 1.95. The Morgan fingerprint density at radius 2 is 2.05 bits per heavy atom. The average molecular weight is 267 g/mol. The van der Waals surface area contributed by atoms with Gasteiger partial charge in [-0.1, -0.05) is 19.8 Å². The van der Waals surface area contributed by atoms with Gasteiger partial charge in [-0.2, -0.15) is 0 Å². The third-order valence-electron chi connectivity index (χ3n) is 5.65. The van der Waals surface area contributed by atoms with Gasteiger partial charge in [0.05, 0.1) is 0 Å². The first-order chi connectivity index (χ1) is 9.05. The molecule has 2 N–H and O–H groups in total. The molecule has 3 heteroatoms. The highest BCUT2D eigenvalue weighted by atomic mass is 15.2. The smallest absolute Gasteiger partial charge is 0.0328 e. The van der Waals surface area contributed by atoms with Crippen molar-refractivity contribution in [2.45, 2.75) is 51.0 Å². The Kier molecular flexibility index (Phi) is 5.27. The fourth-order valence-electron chi connectivity index (χ4n) is 4.06. The standard InChI is InChI=1S/C16H33N3/c1-14-5-4-8-16(13-17,9-6-14)19(3)12-15-7-10-18(2)11-15/h14-15H,4-13,17H2,1-3H3.